The summed E-state index contributed by atoms with van der Waals surface area (Å²) in [6.45, 7) is 4.16. The maximum Gasteiger partial charge on any atom is 0.305 e. The van der Waals surface area contributed by atoms with Crippen LogP contribution in [0.15, 0.2) is 30.3 Å². The quantitative estimate of drug-likeness (QED) is 0.867. The number of benzene rings is 1. The Labute approximate surface area is 119 Å². The Morgan fingerprint density at radius 3 is 2.50 bits per heavy atom. The lowest BCUT2D eigenvalue weighted by molar-refractivity contribution is -0.139. The van der Waals surface area contributed by atoms with Gasteiger partial charge in [0.25, 0.3) is 0 Å². The fraction of sp³-hybridized carbons (Fsp3) is 0.500. The Morgan fingerprint density at radius 2 is 1.95 bits per heavy atom. The predicted molar refractivity (Wildman–Crippen MR) is 76.4 cm³/mol. The molecule has 2 unspecified atom stereocenters. The van der Waals surface area contributed by atoms with E-state index < -0.39 is 5.97 Å². The molecule has 0 saturated heterocycles. The summed E-state index contributed by atoms with van der Waals surface area (Å²) in [6, 6.07) is 10.1. The van der Waals surface area contributed by atoms with Gasteiger partial charge in [0.05, 0.1) is 6.42 Å². The Kier molecular flexibility index (Phi) is 4.42. The fourth-order valence-corrected chi connectivity index (χ4v) is 2.59. The molecule has 1 aromatic carbocycles. The first kappa shape index (κ1) is 14.6. The molecule has 0 spiro atoms. The highest BCUT2D eigenvalue weighted by atomic mass is 16.4. The molecule has 20 heavy (non-hydrogen) atoms. The molecule has 0 radical (unpaired) electrons. The van der Waals surface area contributed by atoms with Crippen molar-refractivity contribution in [2.24, 2.45) is 5.92 Å². The van der Waals surface area contributed by atoms with Crippen molar-refractivity contribution in [2.45, 2.75) is 38.6 Å². The number of hydrogen-bond acceptors (Lipinski definition) is 2. The van der Waals surface area contributed by atoms with Crippen LogP contribution in [0.2, 0.25) is 0 Å². The monoisotopic (exact) mass is 275 g/mol. The number of rotatable bonds is 6. The van der Waals surface area contributed by atoms with Crippen LogP contribution in [0.1, 0.15) is 38.2 Å². The summed E-state index contributed by atoms with van der Waals surface area (Å²) >= 11 is 0. The molecule has 1 fully saturated rings. The van der Waals surface area contributed by atoms with Crippen molar-refractivity contribution in [3.05, 3.63) is 35.9 Å². The molecule has 108 valence electrons. The van der Waals surface area contributed by atoms with Gasteiger partial charge in [0.2, 0.25) is 5.91 Å². The van der Waals surface area contributed by atoms with Crippen LogP contribution in [0.5, 0.6) is 0 Å². The summed E-state index contributed by atoms with van der Waals surface area (Å²) in [6.07, 6.45) is 0.881. The normalized spacial score (nSPS) is 20.8. The molecule has 1 aromatic rings. The topological polar surface area (TPSA) is 57.6 Å². The van der Waals surface area contributed by atoms with E-state index >= 15 is 0 Å². The molecule has 4 heteroatoms. The molecule has 0 heterocycles. The summed E-state index contributed by atoms with van der Waals surface area (Å²) in [5, 5.41) is 8.77. The molecule has 0 bridgehead atoms. The summed E-state index contributed by atoms with van der Waals surface area (Å²) in [7, 11) is 0. The number of aliphatic carboxylic acids is 1. The van der Waals surface area contributed by atoms with Crippen LogP contribution < -0.4 is 0 Å². The number of carboxylic acids is 1. The maximum atomic E-state index is 12.5. The van der Waals surface area contributed by atoms with Gasteiger partial charge in [-0.1, -0.05) is 30.3 Å². The van der Waals surface area contributed by atoms with Gasteiger partial charge in [0, 0.05) is 18.5 Å². The van der Waals surface area contributed by atoms with Crippen LogP contribution in [-0.2, 0) is 9.59 Å². The average molecular weight is 275 g/mol. The lowest BCUT2D eigenvalue weighted by Gasteiger charge is -2.26. The van der Waals surface area contributed by atoms with E-state index in [0.717, 1.165) is 6.42 Å². The van der Waals surface area contributed by atoms with E-state index in [4.69, 9.17) is 5.11 Å². The fourth-order valence-electron chi connectivity index (χ4n) is 2.59. The number of hydrogen-bond donors (Lipinski definition) is 1. The van der Waals surface area contributed by atoms with Gasteiger partial charge in [0.15, 0.2) is 0 Å². The first-order valence-corrected chi connectivity index (χ1v) is 7.08. The minimum atomic E-state index is -0.862. The first-order valence-electron chi connectivity index (χ1n) is 7.08. The molecule has 1 amide bonds. The van der Waals surface area contributed by atoms with Crippen LogP contribution >= 0.6 is 0 Å². The highest BCUT2D eigenvalue weighted by Crippen LogP contribution is 2.48. The zero-order valence-electron chi connectivity index (χ0n) is 12.0. The first-order chi connectivity index (χ1) is 9.50. The van der Waals surface area contributed by atoms with Gasteiger partial charge < -0.3 is 10.0 Å². The van der Waals surface area contributed by atoms with E-state index in [1.165, 1.54) is 5.56 Å². The smallest absolute Gasteiger partial charge is 0.305 e. The van der Waals surface area contributed by atoms with E-state index in [1.807, 2.05) is 32.0 Å². The summed E-state index contributed by atoms with van der Waals surface area (Å²) in [5.74, 6) is -0.447. The van der Waals surface area contributed by atoms with Gasteiger partial charge in [-0.05, 0) is 31.7 Å². The second-order valence-electron chi connectivity index (χ2n) is 5.63. The van der Waals surface area contributed by atoms with Crippen molar-refractivity contribution in [3.63, 3.8) is 0 Å². The third-order valence-corrected chi connectivity index (χ3v) is 3.81. The highest BCUT2D eigenvalue weighted by Gasteiger charge is 2.45. The molecular formula is C16H21NO3. The van der Waals surface area contributed by atoms with Crippen molar-refractivity contribution in [1.82, 2.24) is 4.90 Å². The molecule has 1 N–H and O–H groups in total. The summed E-state index contributed by atoms with van der Waals surface area (Å²) < 4.78 is 0. The van der Waals surface area contributed by atoms with Crippen molar-refractivity contribution >= 4 is 11.9 Å². The highest BCUT2D eigenvalue weighted by molar-refractivity contribution is 5.83. The zero-order valence-corrected chi connectivity index (χ0v) is 12.0. The van der Waals surface area contributed by atoms with E-state index in [0.29, 0.717) is 12.5 Å². The second-order valence-corrected chi connectivity index (χ2v) is 5.63. The SMILES string of the molecule is CC(C)N(CCC(=O)O)C(=O)C1CC1c1ccccc1. The molecule has 1 aliphatic rings. The minimum absolute atomic E-state index is 0.00659. The molecule has 0 aliphatic heterocycles. The van der Waals surface area contributed by atoms with Crippen LogP contribution in [0.25, 0.3) is 0 Å². The third-order valence-electron chi connectivity index (χ3n) is 3.81. The molecule has 1 aliphatic carbocycles. The number of carbonyl (C=O) groups excluding carboxylic acids is 1. The summed E-state index contributed by atoms with van der Waals surface area (Å²) in [4.78, 5) is 24.9. The summed E-state index contributed by atoms with van der Waals surface area (Å²) in [5.41, 5.74) is 1.20. The Morgan fingerprint density at radius 1 is 1.30 bits per heavy atom. The third kappa shape index (κ3) is 3.38. The molecule has 0 aromatic heterocycles. The Balaban J connectivity index is 1.98. The van der Waals surface area contributed by atoms with Crippen LogP contribution in [0.4, 0.5) is 0 Å². The number of carboxylic acid groups (broad SMARTS) is 1. The van der Waals surface area contributed by atoms with Gasteiger partial charge in [-0.15, -0.1) is 0 Å². The lowest BCUT2D eigenvalue weighted by Crippen LogP contribution is -2.39. The van der Waals surface area contributed by atoms with Crippen molar-refractivity contribution in [1.29, 1.82) is 0 Å². The van der Waals surface area contributed by atoms with Crippen LogP contribution in [0, 0.1) is 5.92 Å². The number of amides is 1. The second kappa shape index (κ2) is 6.07. The van der Waals surface area contributed by atoms with Crippen molar-refractivity contribution < 1.29 is 14.7 Å². The van der Waals surface area contributed by atoms with Crippen molar-refractivity contribution in [3.8, 4) is 0 Å². The Hall–Kier alpha value is -1.84. The van der Waals surface area contributed by atoms with Gasteiger partial charge >= 0.3 is 5.97 Å². The van der Waals surface area contributed by atoms with Crippen LogP contribution in [-0.4, -0.2) is 34.5 Å². The predicted octanol–water partition coefficient (Wildman–Crippen LogP) is 2.50. The van der Waals surface area contributed by atoms with Crippen LogP contribution in [0.3, 0.4) is 0 Å². The molecule has 4 nitrogen and oxygen atoms in total. The molecule has 2 atom stereocenters. The van der Waals surface area contributed by atoms with E-state index in [-0.39, 0.29) is 24.3 Å². The average Bonchev–Trinajstić information content (AvgIpc) is 3.19. The van der Waals surface area contributed by atoms with Crippen molar-refractivity contribution in [2.75, 3.05) is 6.54 Å². The molecule has 1 saturated carbocycles. The number of carbonyl (C=O) groups is 2. The number of nitrogens with zero attached hydrogens (tertiary/aromatic N) is 1. The maximum absolute atomic E-state index is 12.5. The molecule has 2 rings (SSSR count). The van der Waals surface area contributed by atoms with E-state index in [9.17, 15) is 9.59 Å². The van der Waals surface area contributed by atoms with E-state index in [2.05, 4.69) is 12.1 Å². The molecular weight excluding hydrogens is 254 g/mol. The minimum Gasteiger partial charge on any atom is -0.481 e. The van der Waals surface area contributed by atoms with Gasteiger partial charge in [0.1, 0.15) is 0 Å². The van der Waals surface area contributed by atoms with E-state index in [1.54, 1.807) is 4.90 Å². The van der Waals surface area contributed by atoms with Gasteiger partial charge in [-0.3, -0.25) is 9.59 Å². The Bertz CT molecular complexity index is 484. The largest absolute Gasteiger partial charge is 0.481 e. The standard InChI is InChI=1S/C16H21NO3/c1-11(2)17(9-8-15(18)19)16(20)14-10-13(14)12-6-4-3-5-7-12/h3-7,11,13-14H,8-10H2,1-2H3,(H,18,19). The zero-order chi connectivity index (χ0) is 14.7. The lowest BCUT2D eigenvalue weighted by atomic mass is 10.1. The van der Waals surface area contributed by atoms with Gasteiger partial charge in [-0.2, -0.15) is 0 Å². The van der Waals surface area contributed by atoms with Gasteiger partial charge in [-0.25, -0.2) is 0 Å².